The first-order chi connectivity index (χ1) is 28.2. The molecule has 0 fully saturated rings. The summed E-state index contributed by atoms with van der Waals surface area (Å²) >= 11 is 1.79. The van der Waals surface area contributed by atoms with Crippen molar-refractivity contribution in [1.29, 1.82) is 0 Å². The van der Waals surface area contributed by atoms with Crippen LogP contribution in [0.15, 0.2) is 186 Å². The van der Waals surface area contributed by atoms with Crippen LogP contribution in [0, 0.1) is 0 Å². The van der Waals surface area contributed by atoms with Crippen LogP contribution >= 0.6 is 11.3 Å². The third-order valence-corrected chi connectivity index (χ3v) is 12.2. The zero-order valence-electron chi connectivity index (χ0n) is 30.4. The largest absolute Gasteiger partial charge is 0.454 e. The van der Waals surface area contributed by atoms with Crippen LogP contribution in [0.3, 0.4) is 0 Å². The zero-order valence-corrected chi connectivity index (χ0v) is 31.2. The number of hydrogen-bond acceptors (Lipinski definition) is 5. The van der Waals surface area contributed by atoms with Crippen molar-refractivity contribution < 1.29 is 4.42 Å². The Hall–Kier alpha value is -7.41. The first-order valence-electron chi connectivity index (χ1n) is 19.0. The van der Waals surface area contributed by atoms with Gasteiger partial charge in [0.15, 0.2) is 23.1 Å². The van der Waals surface area contributed by atoms with Crippen LogP contribution in [0.5, 0.6) is 0 Å². The summed E-state index contributed by atoms with van der Waals surface area (Å²) in [7, 11) is 0. The average Bonchev–Trinajstić information content (AvgIpc) is 3.96. The molecule has 0 aliphatic heterocycles. The number of thiophene rings is 1. The molecule has 0 saturated heterocycles. The fourth-order valence-corrected chi connectivity index (χ4v) is 9.58. The van der Waals surface area contributed by atoms with E-state index in [0.717, 1.165) is 66.5 Å². The van der Waals surface area contributed by atoms with E-state index in [0.29, 0.717) is 17.5 Å². The maximum atomic E-state index is 6.80. The molecule has 0 aliphatic rings. The molecule has 0 amide bonds. The molecular weight excluding hydrogens is 717 g/mol. The second-order valence-electron chi connectivity index (χ2n) is 14.4. The Morgan fingerprint density at radius 2 is 1.00 bits per heavy atom. The van der Waals surface area contributed by atoms with E-state index in [1.807, 2.05) is 60.7 Å². The van der Waals surface area contributed by atoms with Gasteiger partial charge in [-0.3, -0.25) is 0 Å². The highest BCUT2D eigenvalue weighted by molar-refractivity contribution is 7.25. The van der Waals surface area contributed by atoms with E-state index >= 15 is 0 Å². The SMILES string of the molecule is c1ccc(-c2nc(-c3ccccc3)nc(-c3ccc4c(c3)sc3ccc(-c5cccc6oc7c(-n8c9ccccc9c9ccccc98)cccc7c56)cc34)n2)cc1. The maximum absolute atomic E-state index is 6.80. The average molecular weight is 747 g/mol. The van der Waals surface area contributed by atoms with Crippen LogP contribution in [0.1, 0.15) is 0 Å². The predicted octanol–water partition coefficient (Wildman–Crippen LogP) is 13.9. The number of para-hydroxylation sites is 3. The van der Waals surface area contributed by atoms with Crippen LogP contribution in [0.2, 0.25) is 0 Å². The Balaban J connectivity index is 0.991. The summed E-state index contributed by atoms with van der Waals surface area (Å²) in [6.07, 6.45) is 0. The minimum atomic E-state index is 0.654. The number of aromatic nitrogens is 4. The minimum absolute atomic E-state index is 0.654. The number of fused-ring (bicyclic) bond motifs is 9. The van der Waals surface area contributed by atoms with E-state index < -0.39 is 0 Å². The van der Waals surface area contributed by atoms with E-state index in [4.69, 9.17) is 19.4 Å². The highest BCUT2D eigenvalue weighted by Crippen LogP contribution is 2.43. The first-order valence-corrected chi connectivity index (χ1v) is 19.8. The molecule has 4 aromatic heterocycles. The molecule has 0 bridgehead atoms. The molecule has 6 heteroatoms. The van der Waals surface area contributed by atoms with Crippen molar-refractivity contribution in [3.63, 3.8) is 0 Å². The van der Waals surface area contributed by atoms with Gasteiger partial charge in [0.25, 0.3) is 0 Å². The predicted molar refractivity (Wildman–Crippen MR) is 236 cm³/mol. The van der Waals surface area contributed by atoms with Crippen molar-refractivity contribution in [2.75, 3.05) is 0 Å². The van der Waals surface area contributed by atoms with Gasteiger partial charge >= 0.3 is 0 Å². The third-order valence-electron chi connectivity index (χ3n) is 11.1. The van der Waals surface area contributed by atoms with E-state index in [9.17, 15) is 0 Å². The van der Waals surface area contributed by atoms with Crippen molar-refractivity contribution >= 4 is 75.3 Å². The van der Waals surface area contributed by atoms with Gasteiger partial charge in [0, 0.05) is 58.4 Å². The minimum Gasteiger partial charge on any atom is -0.454 e. The molecule has 266 valence electrons. The molecule has 0 unspecified atom stereocenters. The fraction of sp³-hybridized carbons (Fsp3) is 0. The van der Waals surface area contributed by atoms with Crippen LogP contribution in [-0.4, -0.2) is 19.5 Å². The van der Waals surface area contributed by atoms with Crippen molar-refractivity contribution in [2.45, 2.75) is 0 Å². The highest BCUT2D eigenvalue weighted by atomic mass is 32.1. The number of nitrogens with zero attached hydrogens (tertiary/aromatic N) is 4. The van der Waals surface area contributed by atoms with Crippen LogP contribution in [0.4, 0.5) is 0 Å². The molecule has 8 aromatic carbocycles. The second kappa shape index (κ2) is 12.6. The molecule has 12 rings (SSSR count). The summed E-state index contributed by atoms with van der Waals surface area (Å²) < 4.78 is 11.6. The Morgan fingerprint density at radius 1 is 0.404 bits per heavy atom. The van der Waals surface area contributed by atoms with Gasteiger partial charge in [0.2, 0.25) is 0 Å². The summed E-state index contributed by atoms with van der Waals surface area (Å²) in [5.74, 6) is 1.97. The molecule has 5 nitrogen and oxygen atoms in total. The van der Waals surface area contributed by atoms with E-state index in [2.05, 4.69) is 126 Å². The second-order valence-corrected chi connectivity index (χ2v) is 15.5. The Morgan fingerprint density at radius 3 is 1.70 bits per heavy atom. The highest BCUT2D eigenvalue weighted by Gasteiger charge is 2.20. The molecule has 0 saturated carbocycles. The smallest absolute Gasteiger partial charge is 0.164 e. The normalized spacial score (nSPS) is 11.9. The summed E-state index contributed by atoms with van der Waals surface area (Å²) in [4.78, 5) is 14.9. The van der Waals surface area contributed by atoms with Gasteiger partial charge < -0.3 is 8.98 Å². The summed E-state index contributed by atoms with van der Waals surface area (Å²) in [6.45, 7) is 0. The van der Waals surface area contributed by atoms with Crippen LogP contribution < -0.4 is 0 Å². The number of hydrogen-bond donors (Lipinski definition) is 0. The Bertz CT molecular complexity index is 3420. The van der Waals surface area contributed by atoms with Crippen LogP contribution in [-0.2, 0) is 0 Å². The third kappa shape index (κ3) is 5.04. The van der Waals surface area contributed by atoms with E-state index in [-0.39, 0.29) is 0 Å². The summed E-state index contributed by atoms with van der Waals surface area (Å²) in [6, 6.07) is 63.8. The number of benzene rings is 8. The Kier molecular flexibility index (Phi) is 7.03. The first kappa shape index (κ1) is 31.9. The summed E-state index contributed by atoms with van der Waals surface area (Å²) in [5.41, 5.74) is 10.3. The van der Waals surface area contributed by atoms with Gasteiger partial charge in [0.05, 0.1) is 16.7 Å². The summed E-state index contributed by atoms with van der Waals surface area (Å²) in [5, 5.41) is 7.11. The standard InChI is InChI=1S/C51H30N4OS/c1-3-13-31(14-4-1)49-52-50(32-15-5-2-6-16-32)54-51(53-49)34-25-27-38-40-29-33(26-28-45(40)57-46(38)30-34)35-19-12-24-44-47(35)39-20-11-23-43(48(39)56-44)55-41-21-9-7-17-36(41)37-18-8-10-22-42(37)55/h1-30H. The molecule has 0 radical (unpaired) electrons. The molecular formula is C51H30N4OS. The van der Waals surface area contributed by atoms with E-state index in [1.54, 1.807) is 11.3 Å². The molecule has 0 atom stereocenters. The van der Waals surface area contributed by atoms with Gasteiger partial charge in [-0.15, -0.1) is 11.3 Å². The van der Waals surface area contributed by atoms with Crippen molar-refractivity contribution in [3.05, 3.63) is 182 Å². The van der Waals surface area contributed by atoms with Crippen molar-refractivity contribution in [2.24, 2.45) is 0 Å². The molecule has 12 aromatic rings. The number of rotatable bonds is 5. The van der Waals surface area contributed by atoms with Gasteiger partial charge in [-0.25, -0.2) is 15.0 Å². The fourth-order valence-electron chi connectivity index (χ4n) is 8.45. The van der Waals surface area contributed by atoms with Gasteiger partial charge in [0.1, 0.15) is 5.58 Å². The van der Waals surface area contributed by atoms with Crippen molar-refractivity contribution in [3.8, 4) is 51.0 Å². The molecule has 4 heterocycles. The lowest BCUT2D eigenvalue weighted by Crippen LogP contribution is -1.99. The molecule has 0 N–H and O–H groups in total. The lowest BCUT2D eigenvalue weighted by atomic mass is 9.97. The lowest BCUT2D eigenvalue weighted by Gasteiger charge is -2.09. The zero-order chi connectivity index (χ0) is 37.5. The lowest BCUT2D eigenvalue weighted by molar-refractivity contribution is 0.666. The molecule has 57 heavy (non-hydrogen) atoms. The van der Waals surface area contributed by atoms with Gasteiger partial charge in [-0.1, -0.05) is 140 Å². The maximum Gasteiger partial charge on any atom is 0.164 e. The topological polar surface area (TPSA) is 56.7 Å². The molecule has 0 spiro atoms. The Labute approximate surface area is 330 Å². The number of furan rings is 1. The monoisotopic (exact) mass is 746 g/mol. The van der Waals surface area contributed by atoms with Gasteiger partial charge in [-0.05, 0) is 53.6 Å². The quantitative estimate of drug-likeness (QED) is 0.176. The molecule has 0 aliphatic carbocycles. The van der Waals surface area contributed by atoms with Crippen LogP contribution in [0.25, 0.3) is 115 Å². The van der Waals surface area contributed by atoms with Gasteiger partial charge in [-0.2, -0.15) is 0 Å². The van der Waals surface area contributed by atoms with Crippen molar-refractivity contribution in [1.82, 2.24) is 19.5 Å². The van der Waals surface area contributed by atoms with E-state index in [1.165, 1.54) is 30.9 Å².